The molecule has 0 saturated carbocycles. The van der Waals surface area contributed by atoms with E-state index in [1.165, 1.54) is 0 Å². The maximum atomic E-state index is 12.5. The van der Waals surface area contributed by atoms with Gasteiger partial charge < -0.3 is 35.9 Å². The van der Waals surface area contributed by atoms with Crippen LogP contribution in [0.4, 0.5) is 26.3 Å². The SMILES string of the molecule is FC(F)(F)CN/C([S-])=N/N=C(/C(=N/N=C(\[S-])NCC(F)(F)F)c1ccc(I)cc1)c1ccccc1.[Cu+2]. The number of benzene rings is 2. The average Bonchev–Trinajstić information content (AvgIpc) is 2.79. The van der Waals surface area contributed by atoms with E-state index in [-0.39, 0.29) is 28.5 Å². The van der Waals surface area contributed by atoms with E-state index in [0.717, 1.165) is 3.57 Å². The zero-order valence-electron chi connectivity index (χ0n) is 17.7. The van der Waals surface area contributed by atoms with Gasteiger partial charge in [-0.15, -0.1) is 10.2 Å². The number of nitrogens with one attached hydrogen (secondary N) is 2. The van der Waals surface area contributed by atoms with Crippen molar-refractivity contribution in [1.29, 1.82) is 0 Å². The molecule has 2 N–H and O–H groups in total. The van der Waals surface area contributed by atoms with E-state index in [9.17, 15) is 26.3 Å². The molecule has 1 radical (unpaired) electrons. The Balaban J connectivity index is 0.00000648. The summed E-state index contributed by atoms with van der Waals surface area (Å²) in [6.07, 6.45) is -9.03. The van der Waals surface area contributed by atoms with E-state index in [4.69, 9.17) is 25.3 Å². The third kappa shape index (κ3) is 12.3. The summed E-state index contributed by atoms with van der Waals surface area (Å²) in [5.74, 6) is 0. The summed E-state index contributed by atoms with van der Waals surface area (Å²) in [5.41, 5.74) is 0.979. The molecule has 0 unspecified atom stereocenters. The first-order chi connectivity index (χ1) is 16.3. The Hall–Kier alpha value is -2.01. The minimum atomic E-state index is -4.52. The van der Waals surface area contributed by atoms with Crippen LogP contribution >= 0.6 is 22.6 Å². The van der Waals surface area contributed by atoms with Gasteiger partial charge in [0.15, 0.2) is 0 Å². The number of amidine groups is 2. The molecule has 0 amide bonds. The number of hydrogen-bond donors (Lipinski definition) is 2. The van der Waals surface area contributed by atoms with Gasteiger partial charge in [0.1, 0.15) is 24.5 Å². The molecule has 0 heterocycles. The molecule has 0 saturated heterocycles. The summed E-state index contributed by atoms with van der Waals surface area (Å²) in [6, 6.07) is 15.1. The molecule has 0 fully saturated rings. The van der Waals surface area contributed by atoms with Crippen LogP contribution in [0.15, 0.2) is 75.0 Å². The Morgan fingerprint density at radius 2 is 1.06 bits per heavy atom. The van der Waals surface area contributed by atoms with Gasteiger partial charge in [-0.1, -0.05) is 42.5 Å². The Labute approximate surface area is 237 Å². The minimum absolute atomic E-state index is 0. The summed E-state index contributed by atoms with van der Waals surface area (Å²) in [5, 5.41) is 18.1. The van der Waals surface area contributed by atoms with Crippen LogP contribution in [0.5, 0.6) is 0 Å². The van der Waals surface area contributed by atoms with Crippen LogP contribution in [0.1, 0.15) is 11.1 Å². The van der Waals surface area contributed by atoms with Crippen molar-refractivity contribution in [2.45, 2.75) is 12.4 Å². The zero-order chi connectivity index (χ0) is 26.1. The number of rotatable bonds is 7. The van der Waals surface area contributed by atoms with Gasteiger partial charge >= 0.3 is 29.4 Å². The molecule has 197 valence electrons. The van der Waals surface area contributed by atoms with Crippen molar-refractivity contribution in [1.82, 2.24) is 10.6 Å². The molecule has 0 spiro atoms. The first-order valence-corrected chi connectivity index (χ1v) is 11.3. The summed E-state index contributed by atoms with van der Waals surface area (Å²) in [7, 11) is 0. The van der Waals surface area contributed by atoms with E-state index in [1.807, 2.05) is 10.6 Å². The smallest absolute Gasteiger partial charge is 0.741 e. The van der Waals surface area contributed by atoms with Crippen LogP contribution in [-0.2, 0) is 42.3 Å². The van der Waals surface area contributed by atoms with Crippen LogP contribution < -0.4 is 10.6 Å². The molecule has 2 aromatic carbocycles. The van der Waals surface area contributed by atoms with Crippen LogP contribution in [0.25, 0.3) is 0 Å². The Morgan fingerprint density at radius 1 is 0.667 bits per heavy atom. The fraction of sp³-hybridized carbons (Fsp3) is 0.200. The summed E-state index contributed by atoms with van der Waals surface area (Å²) in [6.45, 7) is -2.81. The van der Waals surface area contributed by atoms with Crippen LogP contribution in [0.3, 0.4) is 0 Å². The second kappa shape index (κ2) is 14.7. The molecular weight excluding hydrogens is 693 g/mol. The molecule has 0 aliphatic heterocycles. The molecule has 0 aromatic heterocycles. The normalized spacial score (nSPS) is 13.8. The van der Waals surface area contributed by atoms with E-state index >= 15 is 0 Å². The Bertz CT molecular complexity index is 1110. The van der Waals surface area contributed by atoms with E-state index in [1.54, 1.807) is 54.6 Å². The minimum Gasteiger partial charge on any atom is -0.741 e. The third-order valence-corrected chi connectivity index (χ3v) is 4.92. The van der Waals surface area contributed by atoms with Gasteiger partial charge in [0, 0.05) is 14.7 Å². The largest absolute Gasteiger partial charge is 2.00 e. The molecule has 2 rings (SSSR count). The summed E-state index contributed by atoms with van der Waals surface area (Å²) in [4.78, 5) is 0. The second-order valence-corrected chi connectivity index (χ2v) is 8.54. The fourth-order valence-corrected chi connectivity index (χ4v) is 2.89. The van der Waals surface area contributed by atoms with Gasteiger partial charge in [-0.25, -0.2) is 0 Å². The Kier molecular flexibility index (Phi) is 13.0. The first-order valence-electron chi connectivity index (χ1n) is 9.42. The van der Waals surface area contributed by atoms with Crippen LogP contribution in [0.2, 0.25) is 0 Å². The van der Waals surface area contributed by atoms with Gasteiger partial charge in [0.2, 0.25) is 0 Å². The molecule has 2 aromatic rings. The predicted octanol–water partition coefficient (Wildman–Crippen LogP) is 4.51. The monoisotopic (exact) mass is 707 g/mol. The second-order valence-electron chi connectivity index (χ2n) is 6.52. The van der Waals surface area contributed by atoms with Crippen LogP contribution in [0, 0.1) is 3.57 Å². The molecule has 0 aliphatic carbocycles. The predicted molar refractivity (Wildman–Crippen MR) is 136 cm³/mol. The standard InChI is InChI=1S/C20H17F6IN6S2.Cu/c21-19(22,23)10-28-17(34)32-30-15(12-4-2-1-3-5-12)16(13-6-8-14(27)9-7-13)31-33-18(35)29-11-20(24,25)26;/h1-9H,10-11H2,(H2,28,32,34)(H2,29,33,35);/q;+2/p-2/b30-15+,31-16+;. The van der Waals surface area contributed by atoms with Crippen molar-refractivity contribution in [3.05, 3.63) is 69.3 Å². The van der Waals surface area contributed by atoms with Gasteiger partial charge in [-0.2, -0.15) is 36.5 Å². The Morgan fingerprint density at radius 3 is 1.44 bits per heavy atom. The van der Waals surface area contributed by atoms with E-state index < -0.39 is 35.8 Å². The maximum absolute atomic E-state index is 12.5. The van der Waals surface area contributed by atoms with Gasteiger partial charge in [0.05, 0.1) is 0 Å². The van der Waals surface area contributed by atoms with Gasteiger partial charge in [0.25, 0.3) is 0 Å². The molecule has 6 nitrogen and oxygen atoms in total. The van der Waals surface area contributed by atoms with E-state index in [0.29, 0.717) is 11.1 Å². The number of nitrogens with zero attached hydrogens (tertiary/aromatic N) is 4. The summed E-state index contributed by atoms with van der Waals surface area (Å²) >= 11 is 11.7. The zero-order valence-corrected chi connectivity index (χ0v) is 22.4. The van der Waals surface area contributed by atoms with Crippen molar-refractivity contribution < 1.29 is 43.4 Å². The van der Waals surface area contributed by atoms with Crippen molar-refractivity contribution in [2.24, 2.45) is 20.4 Å². The molecule has 0 bridgehead atoms. The molecule has 36 heavy (non-hydrogen) atoms. The fourth-order valence-electron chi connectivity index (χ4n) is 2.30. The van der Waals surface area contributed by atoms with Crippen molar-refractivity contribution >= 4 is 69.6 Å². The average molecular weight is 708 g/mol. The van der Waals surface area contributed by atoms with Crippen molar-refractivity contribution in [3.63, 3.8) is 0 Å². The topological polar surface area (TPSA) is 73.5 Å². The molecule has 0 atom stereocenters. The van der Waals surface area contributed by atoms with E-state index in [2.05, 4.69) is 43.0 Å². The number of halogens is 7. The number of alkyl halides is 6. The number of hydrogen-bond acceptors (Lipinski definition) is 6. The maximum Gasteiger partial charge on any atom is 2.00 e. The molecule has 0 aliphatic rings. The quantitative estimate of drug-likeness (QED) is 0.0846. The molecule has 16 heteroatoms. The third-order valence-electron chi connectivity index (χ3n) is 3.75. The molecular formula is C20H15CuF6IN6S2. The van der Waals surface area contributed by atoms with Crippen LogP contribution in [-0.4, -0.2) is 47.2 Å². The van der Waals surface area contributed by atoms with Gasteiger partial charge in [-0.05, 0) is 45.1 Å². The van der Waals surface area contributed by atoms with Gasteiger partial charge in [-0.3, -0.25) is 0 Å². The van der Waals surface area contributed by atoms with Crippen molar-refractivity contribution in [3.8, 4) is 0 Å². The summed E-state index contributed by atoms with van der Waals surface area (Å²) < 4.78 is 75.6. The first kappa shape index (κ1) is 32.0. The van der Waals surface area contributed by atoms with Crippen molar-refractivity contribution in [2.75, 3.05) is 13.1 Å².